The van der Waals surface area contributed by atoms with Crippen molar-refractivity contribution in [2.24, 2.45) is 0 Å². The van der Waals surface area contributed by atoms with Crippen molar-refractivity contribution >= 4 is 5.91 Å². The van der Waals surface area contributed by atoms with Gasteiger partial charge in [0.1, 0.15) is 11.8 Å². The molecule has 2 rings (SSSR count). The van der Waals surface area contributed by atoms with Crippen LogP contribution in [0.25, 0.3) is 0 Å². The second-order valence-corrected chi connectivity index (χ2v) is 3.54. The van der Waals surface area contributed by atoms with E-state index in [2.05, 4.69) is 4.98 Å². The summed E-state index contributed by atoms with van der Waals surface area (Å²) >= 11 is 0. The molecule has 0 aromatic carbocycles. The molecule has 2 heterocycles. The molecule has 1 fully saturated rings. The molecular formula is C11H11N3O. The number of carbonyl (C=O) groups excluding carboxylic acids is 1. The van der Waals surface area contributed by atoms with Gasteiger partial charge in [0.15, 0.2) is 0 Å². The maximum absolute atomic E-state index is 11.4. The highest BCUT2D eigenvalue weighted by molar-refractivity contribution is 5.78. The van der Waals surface area contributed by atoms with Crippen molar-refractivity contribution in [3.05, 3.63) is 29.6 Å². The number of hydrogen-bond donors (Lipinski definition) is 0. The third-order valence-corrected chi connectivity index (χ3v) is 2.53. The Hall–Kier alpha value is -1.89. The van der Waals surface area contributed by atoms with E-state index in [1.54, 1.807) is 17.2 Å². The van der Waals surface area contributed by atoms with E-state index in [0.29, 0.717) is 18.7 Å². The Morgan fingerprint density at radius 1 is 1.60 bits per heavy atom. The molecule has 0 bridgehead atoms. The quantitative estimate of drug-likeness (QED) is 0.719. The van der Waals surface area contributed by atoms with Gasteiger partial charge in [0.05, 0.1) is 0 Å². The molecular weight excluding hydrogens is 190 g/mol. The molecule has 1 aromatic heterocycles. The number of likely N-dealkylation sites (tertiary alicyclic amines) is 1. The van der Waals surface area contributed by atoms with Crippen molar-refractivity contribution in [1.29, 1.82) is 5.26 Å². The number of nitriles is 1. The number of nitrogens with zero attached hydrogens (tertiary/aromatic N) is 3. The fourth-order valence-corrected chi connectivity index (χ4v) is 1.74. The molecule has 76 valence electrons. The summed E-state index contributed by atoms with van der Waals surface area (Å²) < 4.78 is 0. The van der Waals surface area contributed by atoms with Gasteiger partial charge >= 0.3 is 0 Å². The zero-order valence-corrected chi connectivity index (χ0v) is 8.31. The Kier molecular flexibility index (Phi) is 2.64. The van der Waals surface area contributed by atoms with Gasteiger partial charge in [-0.05, 0) is 12.5 Å². The Morgan fingerprint density at radius 2 is 2.47 bits per heavy atom. The molecule has 1 aliphatic heterocycles. The van der Waals surface area contributed by atoms with Gasteiger partial charge in [0.25, 0.3) is 0 Å². The smallest absolute Gasteiger partial charge is 0.222 e. The average molecular weight is 201 g/mol. The van der Waals surface area contributed by atoms with Crippen LogP contribution >= 0.6 is 0 Å². The van der Waals surface area contributed by atoms with Gasteiger partial charge < -0.3 is 4.90 Å². The predicted molar refractivity (Wildman–Crippen MR) is 53.6 cm³/mol. The standard InChI is InChI=1S/C11H11N3O/c12-7-10-9(3-1-5-13-10)8-14-6-2-4-11(14)15/h1,3,5H,2,4,6,8H2. The lowest BCUT2D eigenvalue weighted by Gasteiger charge is -2.15. The number of hydrogen-bond acceptors (Lipinski definition) is 3. The van der Waals surface area contributed by atoms with Gasteiger partial charge in [-0.3, -0.25) is 4.79 Å². The Labute approximate surface area is 88.1 Å². The maximum Gasteiger partial charge on any atom is 0.222 e. The first-order chi connectivity index (χ1) is 7.31. The van der Waals surface area contributed by atoms with Crippen LogP contribution in [0.3, 0.4) is 0 Å². The molecule has 0 radical (unpaired) electrons. The first kappa shape index (κ1) is 9.66. The van der Waals surface area contributed by atoms with E-state index in [1.807, 2.05) is 12.1 Å². The molecule has 0 saturated carbocycles. The van der Waals surface area contributed by atoms with Crippen molar-refractivity contribution in [2.45, 2.75) is 19.4 Å². The summed E-state index contributed by atoms with van der Waals surface area (Å²) in [4.78, 5) is 17.1. The first-order valence-corrected chi connectivity index (χ1v) is 4.93. The molecule has 15 heavy (non-hydrogen) atoms. The number of carbonyl (C=O) groups is 1. The van der Waals surface area contributed by atoms with Crippen LogP contribution in [0.2, 0.25) is 0 Å². The minimum absolute atomic E-state index is 0.169. The molecule has 0 N–H and O–H groups in total. The molecule has 1 aliphatic rings. The second-order valence-electron chi connectivity index (χ2n) is 3.54. The fraction of sp³-hybridized carbons (Fsp3) is 0.364. The van der Waals surface area contributed by atoms with Gasteiger partial charge in [-0.2, -0.15) is 5.26 Å². The molecule has 1 aromatic rings. The highest BCUT2D eigenvalue weighted by Gasteiger charge is 2.20. The summed E-state index contributed by atoms with van der Waals surface area (Å²) in [6.45, 7) is 1.30. The molecule has 4 nitrogen and oxygen atoms in total. The lowest BCUT2D eigenvalue weighted by molar-refractivity contribution is -0.128. The molecule has 0 aliphatic carbocycles. The van der Waals surface area contributed by atoms with E-state index < -0.39 is 0 Å². The van der Waals surface area contributed by atoms with Gasteiger partial charge in [-0.1, -0.05) is 6.07 Å². The summed E-state index contributed by atoms with van der Waals surface area (Å²) in [6, 6.07) is 5.67. The zero-order chi connectivity index (χ0) is 10.7. The van der Waals surface area contributed by atoms with Crippen LogP contribution in [0.1, 0.15) is 24.1 Å². The van der Waals surface area contributed by atoms with Crippen molar-refractivity contribution in [2.75, 3.05) is 6.54 Å². The van der Waals surface area contributed by atoms with Crippen molar-refractivity contribution in [1.82, 2.24) is 9.88 Å². The number of pyridine rings is 1. The average Bonchev–Trinajstić information content (AvgIpc) is 2.65. The van der Waals surface area contributed by atoms with Crippen LogP contribution < -0.4 is 0 Å². The molecule has 4 heteroatoms. The molecule has 0 spiro atoms. The highest BCUT2D eigenvalue weighted by Crippen LogP contribution is 2.15. The number of rotatable bonds is 2. The summed E-state index contributed by atoms with van der Waals surface area (Å²) in [5.41, 5.74) is 1.24. The van der Waals surface area contributed by atoms with E-state index >= 15 is 0 Å². The summed E-state index contributed by atoms with van der Waals surface area (Å²) in [5.74, 6) is 0.169. The van der Waals surface area contributed by atoms with E-state index in [-0.39, 0.29) is 5.91 Å². The van der Waals surface area contributed by atoms with Gasteiger partial charge in [-0.25, -0.2) is 4.98 Å². The minimum Gasteiger partial charge on any atom is -0.338 e. The second kappa shape index (κ2) is 4.09. The Bertz CT molecular complexity index is 422. The molecule has 1 saturated heterocycles. The molecule has 0 unspecified atom stereocenters. The maximum atomic E-state index is 11.4. The third kappa shape index (κ3) is 1.96. The summed E-state index contributed by atoms with van der Waals surface area (Å²) in [6.07, 6.45) is 3.14. The van der Waals surface area contributed by atoms with Gasteiger partial charge in [0, 0.05) is 31.3 Å². The van der Waals surface area contributed by atoms with Crippen LogP contribution in [0, 0.1) is 11.3 Å². The van der Waals surface area contributed by atoms with Crippen molar-refractivity contribution in [3.63, 3.8) is 0 Å². The minimum atomic E-state index is 0.169. The van der Waals surface area contributed by atoms with E-state index in [4.69, 9.17) is 5.26 Å². The Morgan fingerprint density at radius 3 is 3.13 bits per heavy atom. The van der Waals surface area contributed by atoms with E-state index in [9.17, 15) is 4.79 Å². The van der Waals surface area contributed by atoms with Crippen LogP contribution in [0.4, 0.5) is 0 Å². The normalized spacial score (nSPS) is 15.4. The predicted octanol–water partition coefficient (Wildman–Crippen LogP) is 1.08. The lowest BCUT2D eigenvalue weighted by Crippen LogP contribution is -2.24. The number of amides is 1. The Balaban J connectivity index is 2.17. The highest BCUT2D eigenvalue weighted by atomic mass is 16.2. The fourth-order valence-electron chi connectivity index (χ4n) is 1.74. The third-order valence-electron chi connectivity index (χ3n) is 2.53. The molecule has 0 atom stereocenters. The van der Waals surface area contributed by atoms with Crippen LogP contribution in [0.15, 0.2) is 18.3 Å². The molecule has 1 amide bonds. The van der Waals surface area contributed by atoms with Gasteiger partial charge in [-0.15, -0.1) is 0 Å². The SMILES string of the molecule is N#Cc1ncccc1CN1CCCC1=O. The summed E-state index contributed by atoms with van der Waals surface area (Å²) in [7, 11) is 0. The summed E-state index contributed by atoms with van der Waals surface area (Å²) in [5, 5.41) is 8.84. The van der Waals surface area contributed by atoms with E-state index in [1.165, 1.54) is 0 Å². The van der Waals surface area contributed by atoms with Gasteiger partial charge in [0.2, 0.25) is 5.91 Å². The monoisotopic (exact) mass is 201 g/mol. The topological polar surface area (TPSA) is 57.0 Å². The largest absolute Gasteiger partial charge is 0.338 e. The number of aromatic nitrogens is 1. The van der Waals surface area contributed by atoms with Crippen molar-refractivity contribution in [3.8, 4) is 6.07 Å². The lowest BCUT2D eigenvalue weighted by atomic mass is 10.2. The zero-order valence-electron chi connectivity index (χ0n) is 8.31. The van der Waals surface area contributed by atoms with Crippen molar-refractivity contribution < 1.29 is 4.79 Å². The van der Waals surface area contributed by atoms with Crippen LogP contribution in [-0.4, -0.2) is 22.3 Å². The van der Waals surface area contributed by atoms with E-state index in [0.717, 1.165) is 18.5 Å². The van der Waals surface area contributed by atoms with Crippen LogP contribution in [0.5, 0.6) is 0 Å². The van der Waals surface area contributed by atoms with Crippen LogP contribution in [-0.2, 0) is 11.3 Å². The first-order valence-electron chi connectivity index (χ1n) is 4.93.